The van der Waals surface area contributed by atoms with E-state index in [1.807, 2.05) is 25.2 Å². The van der Waals surface area contributed by atoms with E-state index in [2.05, 4.69) is 26.2 Å². The second-order valence-corrected chi connectivity index (χ2v) is 6.46. The van der Waals surface area contributed by atoms with Gasteiger partial charge in [0, 0.05) is 29.0 Å². The van der Waals surface area contributed by atoms with Gasteiger partial charge in [-0.25, -0.2) is 0 Å². The lowest BCUT2D eigenvalue weighted by molar-refractivity contribution is 0.0705. The van der Waals surface area contributed by atoms with Crippen LogP contribution in [0.2, 0.25) is 0 Å². The van der Waals surface area contributed by atoms with E-state index in [0.717, 1.165) is 35.8 Å². The van der Waals surface area contributed by atoms with Crippen LogP contribution in [0.4, 0.5) is 0 Å². The molecular weight excluding hydrogens is 346 g/mol. The lowest BCUT2D eigenvalue weighted by Gasteiger charge is -2.31. The predicted molar refractivity (Wildman–Crippen MR) is 90.3 cm³/mol. The Morgan fingerprint density at radius 1 is 1.32 bits per heavy atom. The number of piperidine rings is 1. The van der Waals surface area contributed by atoms with Gasteiger partial charge in [0.25, 0.3) is 5.91 Å². The molecule has 5 nitrogen and oxygen atoms in total. The fourth-order valence-corrected chi connectivity index (χ4v) is 3.44. The van der Waals surface area contributed by atoms with Crippen LogP contribution < -0.4 is 10.9 Å². The number of benzene rings is 1. The van der Waals surface area contributed by atoms with E-state index < -0.39 is 0 Å². The number of carbonyl (C=O) groups is 1. The van der Waals surface area contributed by atoms with Gasteiger partial charge in [-0.05, 0) is 47.9 Å². The Labute approximate surface area is 136 Å². The molecule has 1 amide bonds. The lowest BCUT2D eigenvalue weighted by atomic mass is 10.0. The molecular formula is C16H18BrN3O2. The Balaban J connectivity index is 2.03. The van der Waals surface area contributed by atoms with E-state index in [0.29, 0.717) is 11.1 Å². The third kappa shape index (κ3) is 2.80. The maximum absolute atomic E-state index is 12.9. The molecule has 1 fully saturated rings. The molecule has 116 valence electrons. The first-order valence-electron chi connectivity index (χ1n) is 7.37. The summed E-state index contributed by atoms with van der Waals surface area (Å²) >= 11 is 3.42. The van der Waals surface area contributed by atoms with E-state index in [-0.39, 0.29) is 17.5 Å². The number of hydrogen-bond acceptors (Lipinski definition) is 3. The molecule has 3 rings (SSSR count). The first-order chi connectivity index (χ1) is 10.6. The number of fused-ring (bicyclic) bond motifs is 1. The van der Waals surface area contributed by atoms with Crippen LogP contribution >= 0.6 is 15.9 Å². The molecule has 0 unspecified atom stereocenters. The smallest absolute Gasteiger partial charge is 0.254 e. The SMILES string of the molecule is CN(C(=O)c1cc(=O)[nH]c2c(Br)cccc12)C1CCNCC1. The molecule has 2 heterocycles. The van der Waals surface area contributed by atoms with Gasteiger partial charge in [-0.1, -0.05) is 12.1 Å². The number of nitrogens with zero attached hydrogens (tertiary/aromatic N) is 1. The number of hydrogen-bond donors (Lipinski definition) is 2. The Morgan fingerprint density at radius 3 is 2.77 bits per heavy atom. The largest absolute Gasteiger partial charge is 0.339 e. The van der Waals surface area contributed by atoms with Gasteiger partial charge in [-0.2, -0.15) is 0 Å². The molecule has 0 saturated carbocycles. The van der Waals surface area contributed by atoms with Gasteiger partial charge in [0.1, 0.15) is 0 Å². The van der Waals surface area contributed by atoms with Crippen molar-refractivity contribution in [3.8, 4) is 0 Å². The normalized spacial score (nSPS) is 15.9. The highest BCUT2D eigenvalue weighted by Gasteiger charge is 2.24. The van der Waals surface area contributed by atoms with Crippen LogP contribution in [0.3, 0.4) is 0 Å². The Bertz CT molecular complexity index is 766. The Morgan fingerprint density at radius 2 is 2.05 bits per heavy atom. The van der Waals surface area contributed by atoms with Crippen molar-refractivity contribution in [2.24, 2.45) is 0 Å². The molecule has 2 aromatic rings. The van der Waals surface area contributed by atoms with Crippen molar-refractivity contribution in [1.29, 1.82) is 0 Å². The maximum Gasteiger partial charge on any atom is 0.254 e. The number of aromatic nitrogens is 1. The average Bonchev–Trinajstić information content (AvgIpc) is 2.54. The first-order valence-corrected chi connectivity index (χ1v) is 8.16. The third-order valence-corrected chi connectivity index (χ3v) is 4.90. The molecule has 2 N–H and O–H groups in total. The highest BCUT2D eigenvalue weighted by Crippen LogP contribution is 2.24. The summed E-state index contributed by atoms with van der Waals surface area (Å²) in [7, 11) is 1.82. The zero-order valence-corrected chi connectivity index (χ0v) is 13.9. The minimum Gasteiger partial charge on any atom is -0.339 e. The predicted octanol–water partition coefficient (Wildman–Crippen LogP) is 2.11. The quantitative estimate of drug-likeness (QED) is 0.858. The van der Waals surface area contributed by atoms with Gasteiger partial charge in [-0.15, -0.1) is 0 Å². The summed E-state index contributed by atoms with van der Waals surface area (Å²) in [6, 6.07) is 7.19. The van der Waals surface area contributed by atoms with Gasteiger partial charge < -0.3 is 15.2 Å². The first kappa shape index (κ1) is 15.2. The molecule has 1 saturated heterocycles. The average molecular weight is 364 g/mol. The number of carbonyl (C=O) groups excluding carboxylic acids is 1. The minimum absolute atomic E-state index is 0.0962. The second-order valence-electron chi connectivity index (χ2n) is 5.61. The van der Waals surface area contributed by atoms with Crippen LogP contribution in [-0.2, 0) is 0 Å². The summed E-state index contributed by atoms with van der Waals surface area (Å²) in [5.41, 5.74) is 0.861. The molecule has 0 radical (unpaired) electrons. The van der Waals surface area contributed by atoms with Crippen LogP contribution in [0, 0.1) is 0 Å². The van der Waals surface area contributed by atoms with E-state index in [4.69, 9.17) is 0 Å². The molecule has 0 spiro atoms. The lowest BCUT2D eigenvalue weighted by Crippen LogP contribution is -2.44. The number of rotatable bonds is 2. The third-order valence-electron chi connectivity index (χ3n) is 4.23. The molecule has 0 aliphatic carbocycles. The number of halogens is 1. The van der Waals surface area contributed by atoms with Crippen LogP contribution in [0.15, 0.2) is 33.5 Å². The number of para-hydroxylation sites is 1. The Hall–Kier alpha value is -1.66. The number of amides is 1. The molecule has 1 aromatic heterocycles. The van der Waals surface area contributed by atoms with Crippen LogP contribution in [0.25, 0.3) is 10.9 Å². The van der Waals surface area contributed by atoms with Crippen molar-refractivity contribution < 1.29 is 4.79 Å². The van der Waals surface area contributed by atoms with Crippen molar-refractivity contribution in [2.75, 3.05) is 20.1 Å². The van der Waals surface area contributed by atoms with Gasteiger partial charge in [0.2, 0.25) is 5.56 Å². The summed E-state index contributed by atoms with van der Waals surface area (Å²) in [6.45, 7) is 1.84. The van der Waals surface area contributed by atoms with Crippen molar-refractivity contribution in [3.63, 3.8) is 0 Å². The van der Waals surface area contributed by atoms with Crippen LogP contribution in [0.1, 0.15) is 23.2 Å². The van der Waals surface area contributed by atoms with Crippen molar-refractivity contribution in [2.45, 2.75) is 18.9 Å². The zero-order chi connectivity index (χ0) is 15.7. The fraction of sp³-hybridized carbons (Fsp3) is 0.375. The molecule has 1 aromatic carbocycles. The fourth-order valence-electron chi connectivity index (χ4n) is 2.97. The standard InChI is InChI=1S/C16H18BrN3O2/c1-20(10-5-7-18-8-6-10)16(22)12-9-14(21)19-15-11(12)3-2-4-13(15)17/h2-4,9-10,18H,5-8H2,1H3,(H,19,21). The maximum atomic E-state index is 12.9. The minimum atomic E-state index is -0.263. The molecule has 6 heteroatoms. The van der Waals surface area contributed by atoms with E-state index >= 15 is 0 Å². The molecule has 1 aliphatic heterocycles. The molecule has 22 heavy (non-hydrogen) atoms. The Kier molecular flexibility index (Phi) is 4.31. The monoisotopic (exact) mass is 363 g/mol. The summed E-state index contributed by atoms with van der Waals surface area (Å²) in [6.07, 6.45) is 1.88. The second kappa shape index (κ2) is 6.22. The summed E-state index contributed by atoms with van der Waals surface area (Å²) in [4.78, 5) is 29.3. The summed E-state index contributed by atoms with van der Waals surface area (Å²) < 4.78 is 0.779. The van der Waals surface area contributed by atoms with Gasteiger partial charge in [0.05, 0.1) is 11.1 Å². The number of pyridine rings is 1. The van der Waals surface area contributed by atoms with E-state index in [1.54, 1.807) is 4.90 Å². The van der Waals surface area contributed by atoms with Crippen molar-refractivity contribution in [3.05, 3.63) is 44.7 Å². The topological polar surface area (TPSA) is 65.2 Å². The molecule has 0 atom stereocenters. The van der Waals surface area contributed by atoms with Crippen LogP contribution in [0.5, 0.6) is 0 Å². The summed E-state index contributed by atoms with van der Waals surface area (Å²) in [5, 5.41) is 4.06. The highest BCUT2D eigenvalue weighted by atomic mass is 79.9. The number of aromatic amines is 1. The molecule has 1 aliphatic rings. The van der Waals surface area contributed by atoms with E-state index in [9.17, 15) is 9.59 Å². The van der Waals surface area contributed by atoms with Crippen molar-refractivity contribution in [1.82, 2.24) is 15.2 Å². The van der Waals surface area contributed by atoms with Gasteiger partial charge >= 0.3 is 0 Å². The summed E-state index contributed by atoms with van der Waals surface area (Å²) in [5.74, 6) is -0.0962. The highest BCUT2D eigenvalue weighted by molar-refractivity contribution is 9.10. The van der Waals surface area contributed by atoms with Crippen molar-refractivity contribution >= 4 is 32.7 Å². The van der Waals surface area contributed by atoms with Gasteiger partial charge in [0.15, 0.2) is 0 Å². The van der Waals surface area contributed by atoms with E-state index in [1.165, 1.54) is 6.07 Å². The molecule has 0 bridgehead atoms. The van der Waals surface area contributed by atoms with Crippen LogP contribution in [-0.4, -0.2) is 42.0 Å². The zero-order valence-electron chi connectivity index (χ0n) is 12.4. The number of nitrogens with one attached hydrogen (secondary N) is 2. The van der Waals surface area contributed by atoms with Gasteiger partial charge in [-0.3, -0.25) is 9.59 Å². The number of H-pyrrole nitrogens is 1.